The van der Waals surface area contributed by atoms with Crippen molar-refractivity contribution in [1.82, 2.24) is 0 Å². The smallest absolute Gasteiger partial charge is 0.313 e. The molecule has 6 atom stereocenters. The maximum atomic E-state index is 12.7. The van der Waals surface area contributed by atoms with Crippen molar-refractivity contribution in [2.75, 3.05) is 0 Å². The van der Waals surface area contributed by atoms with Crippen LogP contribution in [-0.4, -0.2) is 37.0 Å². The molecule has 0 bridgehead atoms. The van der Waals surface area contributed by atoms with E-state index in [2.05, 4.69) is 11.4 Å². The summed E-state index contributed by atoms with van der Waals surface area (Å²) in [6.07, 6.45) is 0.834. The van der Waals surface area contributed by atoms with Crippen LogP contribution in [0.2, 0.25) is 0 Å². The molecule has 2 saturated carbocycles. The molecular formula is C18H27IO4. The van der Waals surface area contributed by atoms with Gasteiger partial charge in [-0.15, -0.1) is 20.7 Å². The normalized spacial score (nSPS) is 51.8. The molecular weight excluding hydrogens is 407 g/mol. The van der Waals surface area contributed by atoms with Crippen LogP contribution in [0, 0.1) is 22.2 Å². The molecule has 0 spiro atoms. The van der Waals surface area contributed by atoms with Crippen LogP contribution < -0.4 is 0 Å². The lowest BCUT2D eigenvalue weighted by Gasteiger charge is -2.63. The fraction of sp³-hybridized carbons (Fsp3) is 0.833. The Morgan fingerprint density at radius 2 is 1.87 bits per heavy atom. The minimum Gasteiger partial charge on any atom is -0.461 e. The number of aliphatic hydroxyl groups excluding tert-OH is 1. The van der Waals surface area contributed by atoms with Gasteiger partial charge in [-0.1, -0.05) is 25.3 Å². The lowest BCUT2D eigenvalue weighted by Crippen LogP contribution is -2.69. The first-order valence-corrected chi connectivity index (χ1v) is 10.9. The molecule has 3 rings (SSSR count). The van der Waals surface area contributed by atoms with Gasteiger partial charge in [-0.3, -0.25) is 9.59 Å². The third-order valence-corrected chi connectivity index (χ3v) is 11.2. The zero-order valence-electron chi connectivity index (χ0n) is 14.6. The Morgan fingerprint density at radius 3 is 2.43 bits per heavy atom. The third-order valence-electron chi connectivity index (χ3n) is 7.30. The van der Waals surface area contributed by atoms with E-state index in [0.29, 0.717) is 19.3 Å². The van der Waals surface area contributed by atoms with Crippen molar-refractivity contribution in [2.24, 2.45) is 22.2 Å². The van der Waals surface area contributed by atoms with Crippen molar-refractivity contribution in [3.8, 4) is 0 Å². The number of fused-ring (bicyclic) bond motifs is 2. The second-order valence-corrected chi connectivity index (χ2v) is 11.1. The number of ketones is 1. The number of cyclic esters (lactones) is 1. The molecule has 23 heavy (non-hydrogen) atoms. The van der Waals surface area contributed by atoms with Crippen molar-refractivity contribution in [2.45, 2.75) is 69.5 Å². The largest absolute Gasteiger partial charge is 0.461 e. The maximum absolute atomic E-state index is 12.7. The summed E-state index contributed by atoms with van der Waals surface area (Å²) in [4.78, 5) is 25.2. The molecule has 1 heterocycles. The minimum absolute atomic E-state index is 0.0159. The topological polar surface area (TPSA) is 63.6 Å². The highest BCUT2D eigenvalue weighted by molar-refractivity contribution is 14.2. The van der Waals surface area contributed by atoms with Gasteiger partial charge in [0, 0.05) is 11.8 Å². The Labute approximate surface area is 148 Å². The first-order chi connectivity index (χ1) is 10.5. The second kappa shape index (κ2) is 4.87. The average Bonchev–Trinajstić information content (AvgIpc) is 2.67. The number of alkyl halides is 1. The fourth-order valence-corrected chi connectivity index (χ4v) is 8.83. The van der Waals surface area contributed by atoms with Crippen LogP contribution in [-0.2, 0) is 14.3 Å². The number of hydrogen-bond donors (Lipinski definition) is 1. The molecule has 4 nitrogen and oxygen atoms in total. The van der Waals surface area contributed by atoms with Crippen LogP contribution in [0.3, 0.4) is 0 Å². The summed E-state index contributed by atoms with van der Waals surface area (Å²) in [6.45, 7) is 9.89. The van der Waals surface area contributed by atoms with E-state index < -0.39 is 41.1 Å². The highest BCUT2D eigenvalue weighted by Gasteiger charge is 2.75. The van der Waals surface area contributed by atoms with Crippen LogP contribution in [0.5, 0.6) is 0 Å². The van der Waals surface area contributed by atoms with Gasteiger partial charge in [0.2, 0.25) is 0 Å². The van der Waals surface area contributed by atoms with Crippen molar-refractivity contribution < 1.29 is 19.4 Å². The summed E-state index contributed by atoms with van der Waals surface area (Å²) in [5.41, 5.74) is -1.62. The van der Waals surface area contributed by atoms with E-state index in [9.17, 15) is 14.7 Å². The van der Waals surface area contributed by atoms with Gasteiger partial charge >= 0.3 is 5.97 Å². The van der Waals surface area contributed by atoms with E-state index in [1.807, 2.05) is 27.7 Å². The molecule has 3 aliphatic rings. The number of esters is 1. The average molecular weight is 434 g/mol. The molecule has 0 aromatic rings. The Morgan fingerprint density at radius 1 is 1.26 bits per heavy atom. The monoisotopic (exact) mass is 434 g/mol. The Kier molecular flexibility index (Phi) is 3.71. The zero-order chi connectivity index (χ0) is 17.4. The van der Waals surface area contributed by atoms with Crippen LogP contribution in [0.15, 0.2) is 0 Å². The lowest BCUT2D eigenvalue weighted by molar-refractivity contribution is -0.176. The van der Waals surface area contributed by atoms with Gasteiger partial charge in [-0.05, 0) is 38.0 Å². The maximum Gasteiger partial charge on any atom is 0.313 e. The number of hydrogen-bond acceptors (Lipinski definition) is 4. The summed E-state index contributed by atoms with van der Waals surface area (Å²) in [7, 11) is 0. The van der Waals surface area contributed by atoms with E-state index in [1.54, 1.807) is 0 Å². The van der Waals surface area contributed by atoms with Crippen LogP contribution >= 0.6 is 20.7 Å². The van der Waals surface area contributed by atoms with Crippen molar-refractivity contribution in [3.63, 3.8) is 0 Å². The van der Waals surface area contributed by atoms with E-state index >= 15 is 0 Å². The zero-order valence-corrected chi connectivity index (χ0v) is 16.8. The summed E-state index contributed by atoms with van der Waals surface area (Å²) in [5, 5.41) is 11.5. The number of carbonyl (C=O) groups is 2. The van der Waals surface area contributed by atoms with Crippen molar-refractivity contribution >= 4 is 37.0 Å². The van der Waals surface area contributed by atoms with Crippen molar-refractivity contribution in [3.05, 3.63) is 0 Å². The predicted octanol–water partition coefficient (Wildman–Crippen LogP) is 2.86. The number of Topliss-reactive ketones (excluding diaryl/α,β-unsaturated/α-hetero) is 1. The number of carbonyl (C=O) groups excluding carboxylic acids is 2. The quantitative estimate of drug-likeness (QED) is 0.392. The minimum atomic E-state index is -0.736. The Hall–Kier alpha value is -0.300. The first-order valence-electron chi connectivity index (χ1n) is 8.30. The van der Waals surface area contributed by atoms with E-state index in [-0.39, 0.29) is 29.2 Å². The van der Waals surface area contributed by atoms with E-state index in [0.717, 1.165) is 0 Å². The summed E-state index contributed by atoms with van der Waals surface area (Å²) in [6, 6.07) is 0. The molecule has 0 aromatic heterocycles. The molecule has 0 amide bonds. The number of rotatable bonds is 1. The number of aliphatic hydroxyl groups is 1. The Bertz CT molecular complexity index is 600. The molecule has 5 heteroatoms. The van der Waals surface area contributed by atoms with Gasteiger partial charge in [-0.2, -0.15) is 0 Å². The standard InChI is InChI=1S/C18H27IO4/c1-10-18(19-6)13(21)16(4)8-7-12(20)15(2,3)11(16)9-17(18,5)14(22)23-10/h10-11,13,21H,6-9H2,1-5H3/t10-,11?,13+,16-,17+,18-/m1/s1. The predicted molar refractivity (Wildman–Crippen MR) is 97.8 cm³/mol. The van der Waals surface area contributed by atoms with Gasteiger partial charge < -0.3 is 9.84 Å². The van der Waals surface area contributed by atoms with E-state index in [1.165, 1.54) is 0 Å². The summed E-state index contributed by atoms with van der Waals surface area (Å²) < 4.78 is 9.25. The SMILES string of the molecule is C=I[C@]12[C@@H](O)[C@]3(C)CCC(=O)C(C)(C)C3C[C@@]1(C)C(=O)O[C@@H]2C. The molecule has 1 unspecified atom stereocenters. The van der Waals surface area contributed by atoms with Gasteiger partial charge in [0.1, 0.15) is 11.9 Å². The molecule has 0 aromatic carbocycles. The van der Waals surface area contributed by atoms with Crippen LogP contribution in [0.1, 0.15) is 53.9 Å². The molecule has 2 aliphatic carbocycles. The lowest BCUT2D eigenvalue weighted by atomic mass is 9.44. The van der Waals surface area contributed by atoms with Gasteiger partial charge in [0.15, 0.2) is 0 Å². The van der Waals surface area contributed by atoms with Gasteiger partial charge in [-0.25, -0.2) is 0 Å². The molecule has 0 radical (unpaired) electrons. The van der Waals surface area contributed by atoms with Crippen LogP contribution in [0.25, 0.3) is 0 Å². The van der Waals surface area contributed by atoms with Gasteiger partial charge in [0.05, 0.1) is 14.9 Å². The summed E-state index contributed by atoms with van der Waals surface area (Å²) >= 11 is -0.675. The fourth-order valence-electron chi connectivity index (χ4n) is 5.68. The summed E-state index contributed by atoms with van der Waals surface area (Å²) in [5.74, 6) is 0.00747. The first kappa shape index (κ1) is 17.5. The second-order valence-electron chi connectivity index (χ2n) is 8.59. The molecule has 130 valence electrons. The number of halogens is 1. The molecule has 1 aliphatic heterocycles. The third kappa shape index (κ3) is 1.78. The Balaban J connectivity index is 2.22. The van der Waals surface area contributed by atoms with Gasteiger partial charge in [0.25, 0.3) is 0 Å². The molecule has 1 N–H and O–H groups in total. The van der Waals surface area contributed by atoms with Crippen LogP contribution in [0.4, 0.5) is 0 Å². The highest BCUT2D eigenvalue weighted by atomic mass is 127. The highest BCUT2D eigenvalue weighted by Crippen LogP contribution is 2.69. The molecule has 1 saturated heterocycles. The number of ether oxygens (including phenoxy) is 1. The van der Waals surface area contributed by atoms with Crippen molar-refractivity contribution in [1.29, 1.82) is 0 Å². The van der Waals surface area contributed by atoms with E-state index in [4.69, 9.17) is 4.74 Å². The molecule has 3 fully saturated rings.